The van der Waals surface area contributed by atoms with E-state index in [0.29, 0.717) is 16.1 Å². The van der Waals surface area contributed by atoms with Crippen LogP contribution >= 0.6 is 15.9 Å². The molecule has 3 rings (SSSR count). The highest BCUT2D eigenvalue weighted by Gasteiger charge is 2.37. The normalized spacial score (nSPS) is 17.0. The molecule has 0 radical (unpaired) electrons. The van der Waals surface area contributed by atoms with E-state index in [0.717, 1.165) is 4.90 Å². The highest BCUT2D eigenvalue weighted by molar-refractivity contribution is 9.10. The fourth-order valence-electron chi connectivity index (χ4n) is 2.56. The predicted molar refractivity (Wildman–Crippen MR) is 80.2 cm³/mol. The van der Waals surface area contributed by atoms with E-state index in [4.69, 9.17) is 0 Å². The lowest BCUT2D eigenvalue weighted by Crippen LogP contribution is -2.51. The molecule has 23 heavy (non-hydrogen) atoms. The smallest absolute Gasteiger partial charge is 0.328 e. The molecule has 9 heteroatoms. The van der Waals surface area contributed by atoms with Gasteiger partial charge in [0, 0.05) is 4.47 Å². The molecule has 1 amide bonds. The zero-order chi connectivity index (χ0) is 16.7. The molecule has 0 fully saturated rings. The van der Waals surface area contributed by atoms with Crippen molar-refractivity contribution in [3.8, 4) is 0 Å². The summed E-state index contributed by atoms with van der Waals surface area (Å²) < 4.78 is 16.2. The van der Waals surface area contributed by atoms with Crippen molar-refractivity contribution in [2.75, 3.05) is 0 Å². The Hall–Kier alpha value is -2.29. The number of carboxylic acid groups (broad SMARTS) is 1. The molecule has 0 aliphatic carbocycles. The van der Waals surface area contributed by atoms with Crippen LogP contribution in [0.2, 0.25) is 0 Å². The number of nitrogens with zero attached hydrogens (tertiary/aromatic N) is 4. The summed E-state index contributed by atoms with van der Waals surface area (Å²) in [6, 6.07) is 2.92. The molecule has 1 aromatic heterocycles. The lowest BCUT2D eigenvalue weighted by molar-refractivity contribution is -0.143. The molecule has 1 N–H and O–H groups in total. The molecule has 7 nitrogen and oxygen atoms in total. The van der Waals surface area contributed by atoms with Crippen molar-refractivity contribution in [3.05, 3.63) is 45.7 Å². The minimum atomic E-state index is -1.16. The Morgan fingerprint density at radius 1 is 1.39 bits per heavy atom. The second-order valence-corrected chi connectivity index (χ2v) is 6.10. The summed E-state index contributed by atoms with van der Waals surface area (Å²) in [5.41, 5.74) is -0.177. The lowest BCUT2D eigenvalue weighted by atomic mass is 10.1. The van der Waals surface area contributed by atoms with E-state index in [1.165, 1.54) is 18.2 Å². The summed E-state index contributed by atoms with van der Waals surface area (Å²) >= 11 is 3.12. The molecule has 1 aliphatic heterocycles. The Labute approximate surface area is 138 Å². The van der Waals surface area contributed by atoms with Gasteiger partial charge in [-0.3, -0.25) is 4.79 Å². The molecule has 0 spiro atoms. The third kappa shape index (κ3) is 2.72. The maximum absolute atomic E-state index is 14.0. The Morgan fingerprint density at radius 2 is 2.13 bits per heavy atom. The molecule has 1 atom stereocenters. The van der Waals surface area contributed by atoms with Gasteiger partial charge < -0.3 is 14.6 Å². The number of aliphatic carboxylic acids is 1. The highest BCUT2D eigenvalue weighted by Crippen LogP contribution is 2.23. The van der Waals surface area contributed by atoms with Gasteiger partial charge >= 0.3 is 5.97 Å². The van der Waals surface area contributed by atoms with Crippen molar-refractivity contribution in [1.29, 1.82) is 0 Å². The number of fused-ring (bicyclic) bond motifs is 1. The molecule has 120 valence electrons. The predicted octanol–water partition coefficient (Wildman–Crippen LogP) is 1.60. The van der Waals surface area contributed by atoms with Crippen LogP contribution in [0.25, 0.3) is 0 Å². The van der Waals surface area contributed by atoms with Crippen molar-refractivity contribution < 1.29 is 19.1 Å². The van der Waals surface area contributed by atoms with E-state index < -0.39 is 23.7 Å². The van der Waals surface area contributed by atoms with Crippen LogP contribution in [-0.4, -0.2) is 42.7 Å². The zero-order valence-electron chi connectivity index (χ0n) is 12.0. The van der Waals surface area contributed by atoms with Gasteiger partial charge in [-0.05, 0) is 25.1 Å². The van der Waals surface area contributed by atoms with E-state index in [9.17, 15) is 19.1 Å². The van der Waals surface area contributed by atoms with Crippen LogP contribution < -0.4 is 0 Å². The fourth-order valence-corrected chi connectivity index (χ4v) is 2.89. The van der Waals surface area contributed by atoms with Crippen molar-refractivity contribution in [3.63, 3.8) is 0 Å². The number of hydrogen-bond donors (Lipinski definition) is 1. The largest absolute Gasteiger partial charge is 0.480 e. The first kappa shape index (κ1) is 15.6. The lowest BCUT2D eigenvalue weighted by Gasteiger charge is -2.33. The highest BCUT2D eigenvalue weighted by atomic mass is 79.9. The van der Waals surface area contributed by atoms with Crippen LogP contribution in [0.3, 0.4) is 0 Å². The minimum Gasteiger partial charge on any atom is -0.480 e. The molecular weight excluding hydrogens is 371 g/mol. The summed E-state index contributed by atoms with van der Waals surface area (Å²) in [5, 5.41) is 17.2. The number of aromatic nitrogens is 3. The van der Waals surface area contributed by atoms with Gasteiger partial charge in [0.05, 0.1) is 18.7 Å². The number of benzene rings is 1. The maximum atomic E-state index is 14.0. The molecule has 1 unspecified atom stereocenters. The van der Waals surface area contributed by atoms with Gasteiger partial charge in [-0.15, -0.1) is 10.2 Å². The number of rotatable bonds is 2. The molecule has 0 saturated heterocycles. The standard InChI is InChI=1S/C14H12BrFN4O3/c1-7-17-18-12-6-20(11(14(22)23)5-19(7)12)13(21)9-3-2-8(15)4-10(9)16/h2-4,11H,5-6H2,1H3,(H,22,23). The summed E-state index contributed by atoms with van der Waals surface area (Å²) in [7, 11) is 0. The van der Waals surface area contributed by atoms with Crippen molar-refractivity contribution >= 4 is 27.8 Å². The number of carbonyl (C=O) groups excluding carboxylic acids is 1. The van der Waals surface area contributed by atoms with E-state index in [1.807, 2.05) is 0 Å². The second-order valence-electron chi connectivity index (χ2n) is 5.19. The van der Waals surface area contributed by atoms with Gasteiger partial charge in [-0.1, -0.05) is 15.9 Å². The SMILES string of the molecule is Cc1nnc2n1CC(C(=O)O)N(C(=O)c1ccc(Br)cc1F)C2. The van der Waals surface area contributed by atoms with Crippen LogP contribution in [0.15, 0.2) is 22.7 Å². The topological polar surface area (TPSA) is 88.3 Å². The quantitative estimate of drug-likeness (QED) is 0.851. The number of hydrogen-bond acceptors (Lipinski definition) is 4. The third-order valence-corrected chi connectivity index (χ3v) is 4.26. The number of carbonyl (C=O) groups is 2. The van der Waals surface area contributed by atoms with Crippen LogP contribution in [0.4, 0.5) is 4.39 Å². The number of halogens is 2. The molecule has 1 aliphatic rings. The van der Waals surface area contributed by atoms with Gasteiger partial charge in [0.15, 0.2) is 5.82 Å². The van der Waals surface area contributed by atoms with Crippen molar-refractivity contribution in [2.45, 2.75) is 26.1 Å². The Morgan fingerprint density at radius 3 is 2.78 bits per heavy atom. The molecule has 0 saturated carbocycles. The molecular formula is C14H12BrFN4O3. The van der Waals surface area contributed by atoms with Crippen molar-refractivity contribution in [2.24, 2.45) is 0 Å². The van der Waals surface area contributed by atoms with Gasteiger partial charge in [0.2, 0.25) is 0 Å². The first-order valence-electron chi connectivity index (χ1n) is 6.76. The van der Waals surface area contributed by atoms with Crippen LogP contribution in [0, 0.1) is 12.7 Å². The second kappa shape index (κ2) is 5.73. The average molecular weight is 383 g/mol. The van der Waals surface area contributed by atoms with Gasteiger partial charge in [-0.2, -0.15) is 0 Å². The number of amides is 1. The molecule has 2 aromatic rings. The number of aryl methyl sites for hydroxylation is 1. The first-order valence-corrected chi connectivity index (χ1v) is 7.55. The van der Waals surface area contributed by atoms with Crippen LogP contribution in [0.5, 0.6) is 0 Å². The average Bonchev–Trinajstić information content (AvgIpc) is 2.86. The molecule has 2 heterocycles. The third-order valence-electron chi connectivity index (χ3n) is 3.76. The van der Waals surface area contributed by atoms with Gasteiger partial charge in [0.25, 0.3) is 5.91 Å². The monoisotopic (exact) mass is 382 g/mol. The Balaban J connectivity index is 1.99. The fraction of sp³-hybridized carbons (Fsp3) is 0.286. The Bertz CT molecular complexity index is 807. The van der Waals surface area contributed by atoms with Gasteiger partial charge in [0.1, 0.15) is 17.7 Å². The van der Waals surface area contributed by atoms with Crippen LogP contribution in [-0.2, 0) is 17.9 Å². The van der Waals surface area contributed by atoms with Gasteiger partial charge in [-0.25, -0.2) is 9.18 Å². The zero-order valence-corrected chi connectivity index (χ0v) is 13.6. The summed E-state index contributed by atoms with van der Waals surface area (Å²) in [5.74, 6) is -1.50. The Kier molecular flexibility index (Phi) is 3.88. The summed E-state index contributed by atoms with van der Waals surface area (Å²) in [6.07, 6.45) is 0. The van der Waals surface area contributed by atoms with E-state index in [2.05, 4.69) is 26.1 Å². The molecule has 1 aromatic carbocycles. The summed E-state index contributed by atoms with van der Waals surface area (Å²) in [4.78, 5) is 25.3. The van der Waals surface area contributed by atoms with E-state index in [1.54, 1.807) is 11.5 Å². The first-order chi connectivity index (χ1) is 10.9. The minimum absolute atomic E-state index is 0.0351. The summed E-state index contributed by atoms with van der Waals surface area (Å²) in [6.45, 7) is 1.71. The van der Waals surface area contributed by atoms with E-state index in [-0.39, 0.29) is 18.7 Å². The molecule has 0 bridgehead atoms. The van der Waals surface area contributed by atoms with Crippen LogP contribution in [0.1, 0.15) is 22.0 Å². The van der Waals surface area contributed by atoms with Crippen molar-refractivity contribution in [1.82, 2.24) is 19.7 Å². The maximum Gasteiger partial charge on any atom is 0.328 e. The van der Waals surface area contributed by atoms with E-state index >= 15 is 0 Å². The number of carboxylic acids is 1.